The highest BCUT2D eigenvalue weighted by molar-refractivity contribution is 7.86. The normalized spacial score (nSPS) is 14.0. The summed E-state index contributed by atoms with van der Waals surface area (Å²) in [4.78, 5) is 46.3. The molecule has 0 radical (unpaired) electrons. The van der Waals surface area contributed by atoms with Crippen LogP contribution in [-0.2, 0) is 10.1 Å². The maximum Gasteiger partial charge on any atom is 0.335 e. The van der Waals surface area contributed by atoms with E-state index in [1.54, 1.807) is 43.3 Å². The fourth-order valence-corrected chi connectivity index (χ4v) is 7.05. The van der Waals surface area contributed by atoms with Crippen LogP contribution in [0.2, 0.25) is 0 Å². The molecule has 1 aliphatic rings. The van der Waals surface area contributed by atoms with Crippen molar-refractivity contribution in [2.45, 2.75) is 31.6 Å². The molecule has 0 amide bonds. The van der Waals surface area contributed by atoms with Gasteiger partial charge in [-0.25, -0.2) is 9.78 Å². The summed E-state index contributed by atoms with van der Waals surface area (Å²) in [6, 6.07) is 15.8. The van der Waals surface area contributed by atoms with Crippen LogP contribution in [-0.4, -0.2) is 72.8 Å². The molecule has 2 aromatic heterocycles. The number of hydrogen-bond acceptors (Lipinski definition) is 10. The molecule has 240 valence electrons. The zero-order valence-corrected chi connectivity index (χ0v) is 27.5. The Labute approximate surface area is 270 Å². The lowest BCUT2D eigenvalue weighted by Gasteiger charge is -2.08. The third kappa shape index (κ3) is 7.03. The first kappa shape index (κ1) is 34.5. The number of nitrogens with zero attached hydrogens (tertiary/aromatic N) is 2. The van der Waals surface area contributed by atoms with Crippen molar-refractivity contribution in [2.24, 2.45) is 0 Å². The average Bonchev–Trinajstić information content (AvgIpc) is 3.57. The van der Waals surface area contributed by atoms with Crippen LogP contribution in [0.15, 0.2) is 65.6 Å². The van der Waals surface area contributed by atoms with Crippen molar-refractivity contribution in [3.63, 3.8) is 0 Å². The Kier molecular flexibility index (Phi) is 10.8. The summed E-state index contributed by atoms with van der Waals surface area (Å²) in [6.07, 6.45) is 0. The van der Waals surface area contributed by atoms with E-state index >= 15 is 0 Å². The molecule has 5 aromatic rings. The Balaban J connectivity index is 0.000000541. The van der Waals surface area contributed by atoms with Crippen molar-refractivity contribution in [3.05, 3.63) is 88.6 Å². The number of carbonyl (C=O) groups excluding carboxylic acids is 2. The van der Waals surface area contributed by atoms with E-state index in [9.17, 15) is 32.5 Å². The van der Waals surface area contributed by atoms with Gasteiger partial charge in [0.25, 0.3) is 10.1 Å². The van der Waals surface area contributed by atoms with E-state index in [1.807, 2.05) is 20.2 Å². The molecule has 13 heteroatoms. The largest absolute Gasteiger partial charge is 0.478 e. The minimum atomic E-state index is -4.44. The van der Waals surface area contributed by atoms with E-state index in [0.29, 0.717) is 37.3 Å². The van der Waals surface area contributed by atoms with Gasteiger partial charge in [0.1, 0.15) is 15.8 Å². The Morgan fingerprint density at radius 1 is 0.870 bits per heavy atom. The second-order valence-electron chi connectivity index (χ2n) is 10.3. The number of pyridine rings is 1. The van der Waals surface area contributed by atoms with Gasteiger partial charge in [-0.3, -0.25) is 19.1 Å². The van der Waals surface area contributed by atoms with Gasteiger partial charge in [0.05, 0.1) is 27.0 Å². The Morgan fingerprint density at radius 2 is 1.50 bits per heavy atom. The predicted octanol–water partition coefficient (Wildman–Crippen LogP) is 5.38. The van der Waals surface area contributed by atoms with E-state index in [4.69, 9.17) is 0 Å². The number of carbonyl (C=O) groups is 3. The zero-order valence-electron chi connectivity index (χ0n) is 25.9. The van der Waals surface area contributed by atoms with Crippen LogP contribution in [0.3, 0.4) is 0 Å². The number of aromatic carboxylic acids is 1. The van der Waals surface area contributed by atoms with Crippen molar-refractivity contribution in [2.75, 3.05) is 27.2 Å². The number of aryl methyl sites for hydroxylation is 1. The molecule has 0 bridgehead atoms. The number of thiazole rings is 1. The van der Waals surface area contributed by atoms with Crippen LogP contribution in [0.25, 0.3) is 31.7 Å². The van der Waals surface area contributed by atoms with Crippen LogP contribution in [0, 0.1) is 6.92 Å². The molecule has 0 fully saturated rings. The second-order valence-corrected chi connectivity index (χ2v) is 12.7. The molecular weight excluding hydrogens is 629 g/mol. The fraction of sp³-hybridized carbons (Fsp3) is 0.242. The highest BCUT2D eigenvalue weighted by atomic mass is 32.2. The molecule has 1 atom stereocenters. The molecule has 0 saturated carbocycles. The highest BCUT2D eigenvalue weighted by Crippen LogP contribution is 2.38. The maximum absolute atomic E-state index is 13.0. The van der Waals surface area contributed by atoms with E-state index in [2.05, 4.69) is 34.4 Å². The number of benzene rings is 3. The van der Waals surface area contributed by atoms with E-state index in [1.165, 1.54) is 18.2 Å². The van der Waals surface area contributed by atoms with Gasteiger partial charge in [0, 0.05) is 22.1 Å². The van der Waals surface area contributed by atoms with Gasteiger partial charge in [-0.2, -0.15) is 8.42 Å². The van der Waals surface area contributed by atoms with E-state index < -0.39 is 33.6 Å². The Hall–Kier alpha value is -4.40. The number of hydrogen-bond donors (Lipinski definition) is 4. The molecule has 1 aliphatic carbocycles. The molecular formula is C33H34N4O7S2. The number of carboxylic acid groups (broad SMARTS) is 1. The SMILES string of the molecule is CCNC.CCNC.Cc1ccc2nc(-c3ccc4nc(C5C(=O)c6ccc(C(=O)O)cc6C5=O)ccc4c3)sc2c1S(=O)(=O)O. The van der Waals surface area contributed by atoms with Crippen molar-refractivity contribution < 1.29 is 32.5 Å². The summed E-state index contributed by atoms with van der Waals surface area (Å²) in [6.45, 7) is 7.88. The monoisotopic (exact) mass is 662 g/mol. The third-order valence-corrected chi connectivity index (χ3v) is 9.56. The number of Topliss-reactive ketones (excluding diaryl/α,β-unsaturated/α-hetero) is 2. The summed E-state index contributed by atoms with van der Waals surface area (Å²) in [5, 5.41) is 16.3. The van der Waals surface area contributed by atoms with Gasteiger partial charge in [0.2, 0.25) is 0 Å². The first-order valence-corrected chi connectivity index (χ1v) is 16.7. The summed E-state index contributed by atoms with van der Waals surface area (Å²) in [7, 11) is -0.575. The smallest absolute Gasteiger partial charge is 0.335 e. The standard InChI is InChI=1S/C27H16N2O7S2.2C3H9N/c1-12-2-7-20-24(25(12)38(34,35)36)37-26(29-20)14-5-8-18-13(10-14)4-9-19(28-18)21-22(30)16-6-3-15(27(32)33)11-17(16)23(21)31;2*1-3-4-2/h2-11,21H,1H3,(H,32,33)(H,34,35,36);2*4H,3H2,1-2H3. The number of aromatic nitrogens is 2. The van der Waals surface area contributed by atoms with Gasteiger partial charge in [-0.05, 0) is 88.2 Å². The molecule has 3 aromatic carbocycles. The van der Waals surface area contributed by atoms with Gasteiger partial charge < -0.3 is 15.7 Å². The second kappa shape index (κ2) is 14.4. The molecule has 46 heavy (non-hydrogen) atoms. The van der Waals surface area contributed by atoms with Crippen molar-refractivity contribution in [1.29, 1.82) is 0 Å². The number of fused-ring (bicyclic) bond motifs is 3. The van der Waals surface area contributed by atoms with Gasteiger partial charge in [0.15, 0.2) is 11.6 Å². The first-order valence-electron chi connectivity index (χ1n) is 14.4. The van der Waals surface area contributed by atoms with Crippen LogP contribution < -0.4 is 10.6 Å². The summed E-state index contributed by atoms with van der Waals surface area (Å²) in [5.41, 5.74) is 2.55. The Bertz CT molecular complexity index is 2070. The van der Waals surface area contributed by atoms with Crippen LogP contribution >= 0.6 is 11.3 Å². The minimum absolute atomic E-state index is 0.0710. The van der Waals surface area contributed by atoms with Gasteiger partial charge in [-0.1, -0.05) is 26.0 Å². The minimum Gasteiger partial charge on any atom is -0.478 e. The third-order valence-electron chi connectivity index (χ3n) is 7.25. The first-order chi connectivity index (χ1) is 21.9. The van der Waals surface area contributed by atoms with Crippen molar-refractivity contribution in [3.8, 4) is 10.6 Å². The zero-order chi connectivity index (χ0) is 33.8. The van der Waals surface area contributed by atoms with Gasteiger partial charge in [-0.15, -0.1) is 11.3 Å². The molecule has 0 saturated heterocycles. The Morgan fingerprint density at radius 3 is 2.11 bits per heavy atom. The molecule has 0 spiro atoms. The van der Waals surface area contributed by atoms with Crippen molar-refractivity contribution >= 4 is 60.1 Å². The summed E-state index contributed by atoms with van der Waals surface area (Å²) < 4.78 is 34.0. The summed E-state index contributed by atoms with van der Waals surface area (Å²) in [5.74, 6) is -3.25. The van der Waals surface area contributed by atoms with Crippen molar-refractivity contribution in [1.82, 2.24) is 20.6 Å². The number of rotatable bonds is 6. The maximum atomic E-state index is 13.0. The highest BCUT2D eigenvalue weighted by Gasteiger charge is 2.41. The van der Waals surface area contributed by atoms with Crippen LogP contribution in [0.1, 0.15) is 62.1 Å². The molecule has 2 heterocycles. The topological polar surface area (TPSA) is 176 Å². The summed E-state index contributed by atoms with van der Waals surface area (Å²) >= 11 is 1.15. The number of ketones is 2. The molecule has 4 N–H and O–H groups in total. The number of nitrogens with one attached hydrogen (secondary N) is 2. The number of carboxylic acids is 1. The molecule has 1 unspecified atom stereocenters. The quantitative estimate of drug-likeness (QED) is 0.136. The molecule has 0 aliphatic heterocycles. The lowest BCUT2D eigenvalue weighted by molar-refractivity contribution is 0.0696. The lowest BCUT2D eigenvalue weighted by atomic mass is 9.98. The molecule has 11 nitrogen and oxygen atoms in total. The van der Waals surface area contributed by atoms with Crippen LogP contribution in [0.5, 0.6) is 0 Å². The predicted molar refractivity (Wildman–Crippen MR) is 179 cm³/mol. The van der Waals surface area contributed by atoms with E-state index in [-0.39, 0.29) is 27.3 Å². The molecule has 6 rings (SSSR count). The average molecular weight is 663 g/mol. The van der Waals surface area contributed by atoms with E-state index in [0.717, 1.165) is 24.4 Å². The van der Waals surface area contributed by atoms with Crippen LogP contribution in [0.4, 0.5) is 0 Å². The lowest BCUT2D eigenvalue weighted by Crippen LogP contribution is -2.14. The fourth-order valence-electron chi connectivity index (χ4n) is 4.74. The van der Waals surface area contributed by atoms with Gasteiger partial charge >= 0.3 is 5.97 Å².